The van der Waals surface area contributed by atoms with Crippen LogP contribution in [-0.2, 0) is 14.2 Å². The summed E-state index contributed by atoms with van der Waals surface area (Å²) < 4.78 is 37.7. The monoisotopic (exact) mass is 1230 g/mol. The first-order chi connectivity index (χ1) is 40.2. The quantitative estimate of drug-likeness (QED) is 0.0907. The first kappa shape index (κ1) is 71.3. The van der Waals surface area contributed by atoms with Crippen LogP contribution in [0.4, 0.5) is 14.4 Å². The molecule has 8 atom stereocenters. The number of alkyl carbamates (subject to hydrolysis) is 3. The molecule has 21 heteroatoms. The second-order valence-electron chi connectivity index (χ2n) is 27.0. The topological polar surface area (TPSA) is 257 Å². The molecule has 0 saturated heterocycles. The maximum Gasteiger partial charge on any atom is 0.407 e. The van der Waals surface area contributed by atoms with E-state index in [4.69, 9.17) is 44.6 Å². The molecule has 86 heavy (non-hydrogen) atoms. The van der Waals surface area contributed by atoms with Gasteiger partial charge < -0.3 is 75.7 Å². The van der Waals surface area contributed by atoms with Gasteiger partial charge in [-0.15, -0.1) is 12.4 Å². The minimum atomic E-state index is -0.563. The highest BCUT2D eigenvalue weighted by molar-refractivity contribution is 6.01. The van der Waals surface area contributed by atoms with Crippen molar-refractivity contribution < 1.29 is 57.1 Å². The number of carbonyl (C=O) groups excluding carboxylic acids is 5. The summed E-state index contributed by atoms with van der Waals surface area (Å²) in [6, 6.07) is 12.8. The van der Waals surface area contributed by atoms with E-state index < -0.39 is 22.9 Å². The van der Waals surface area contributed by atoms with Gasteiger partial charge in [0, 0.05) is 54.4 Å². The summed E-state index contributed by atoms with van der Waals surface area (Å²) in [7, 11) is 6.28. The number of hydrogen-bond donors (Lipinski definition) is 6. The highest BCUT2D eigenvalue weighted by atomic mass is 35.5. The number of nitrogens with one attached hydrogen (secondary N) is 4. The number of benzene rings is 2. The van der Waals surface area contributed by atoms with E-state index in [0.717, 1.165) is 103 Å². The third-order valence-electron chi connectivity index (χ3n) is 17.2. The molecule has 0 bridgehead atoms. The van der Waals surface area contributed by atoms with Gasteiger partial charge in [0.05, 0.1) is 40.5 Å². The van der Waals surface area contributed by atoms with Crippen LogP contribution in [0.2, 0.25) is 0 Å². The third-order valence-corrected chi connectivity index (χ3v) is 17.2. The predicted octanol–water partition coefficient (Wildman–Crippen LogP) is 11.1. The highest BCUT2D eigenvalue weighted by Gasteiger charge is 2.44. The molecule has 0 radical (unpaired) electrons. The minimum absolute atomic E-state index is 0. The third kappa shape index (κ3) is 20.6. The first-order valence-electron chi connectivity index (χ1n) is 31.6. The molecule has 2 aromatic carbocycles. The van der Waals surface area contributed by atoms with Gasteiger partial charge in [-0.3, -0.25) is 9.59 Å². The van der Waals surface area contributed by atoms with E-state index in [1.165, 1.54) is 32.1 Å². The minimum Gasteiger partial charge on any atom is -0.496 e. The molecule has 9 rings (SSSR count). The average molecular weight is 1230 g/mol. The van der Waals surface area contributed by atoms with E-state index in [1.807, 2.05) is 96.4 Å². The molecule has 7 saturated carbocycles. The van der Waals surface area contributed by atoms with Crippen molar-refractivity contribution in [1.82, 2.24) is 31.1 Å². The van der Waals surface area contributed by atoms with E-state index in [9.17, 15) is 24.0 Å². The van der Waals surface area contributed by atoms with Crippen molar-refractivity contribution in [3.05, 3.63) is 47.5 Å². The van der Waals surface area contributed by atoms with E-state index in [0.29, 0.717) is 52.3 Å². The van der Waals surface area contributed by atoms with Crippen LogP contribution in [0, 0.1) is 0 Å². The normalized spacial score (nSPS) is 24.5. The van der Waals surface area contributed by atoms with Gasteiger partial charge in [0.25, 0.3) is 11.8 Å². The van der Waals surface area contributed by atoms with Gasteiger partial charge in [-0.25, -0.2) is 14.4 Å². The smallest absolute Gasteiger partial charge is 0.407 e. The van der Waals surface area contributed by atoms with Crippen molar-refractivity contribution in [2.24, 2.45) is 11.5 Å². The lowest BCUT2D eigenvalue weighted by Crippen LogP contribution is -2.56. The zero-order valence-electron chi connectivity index (χ0n) is 54.0. The van der Waals surface area contributed by atoms with Crippen LogP contribution in [0.1, 0.15) is 218 Å². The molecule has 20 nitrogen and oxygen atoms in total. The van der Waals surface area contributed by atoms with Crippen molar-refractivity contribution in [3.63, 3.8) is 0 Å². The maximum atomic E-state index is 13.8. The fraction of sp³-hybridized carbons (Fsp3) is 0.738. The molecule has 486 valence electrons. The van der Waals surface area contributed by atoms with Crippen molar-refractivity contribution in [2.45, 2.75) is 280 Å². The number of methoxy groups -OCH3 is 4. The van der Waals surface area contributed by atoms with Crippen molar-refractivity contribution in [1.29, 1.82) is 0 Å². The molecular formula is C65H107ClN8O12. The molecule has 2 aromatic rings. The van der Waals surface area contributed by atoms with E-state index in [-0.39, 0.29) is 84.7 Å². The van der Waals surface area contributed by atoms with Gasteiger partial charge in [-0.05, 0) is 215 Å². The maximum absolute atomic E-state index is 13.8. The van der Waals surface area contributed by atoms with Crippen LogP contribution in [0.15, 0.2) is 36.4 Å². The summed E-state index contributed by atoms with van der Waals surface area (Å²) in [4.78, 5) is 66.7. The summed E-state index contributed by atoms with van der Waals surface area (Å²) in [6.45, 7) is 16.8. The summed E-state index contributed by atoms with van der Waals surface area (Å²) in [5.41, 5.74) is 11.7. The highest BCUT2D eigenvalue weighted by Crippen LogP contribution is 2.40. The molecule has 0 aromatic heterocycles. The Morgan fingerprint density at radius 2 is 0.744 bits per heavy atom. The largest absolute Gasteiger partial charge is 0.496 e. The lowest BCUT2D eigenvalue weighted by atomic mass is 9.88. The van der Waals surface area contributed by atoms with Crippen molar-refractivity contribution >= 4 is 42.5 Å². The van der Waals surface area contributed by atoms with Gasteiger partial charge in [-0.1, -0.05) is 18.6 Å². The Hall–Kier alpha value is -5.44. The van der Waals surface area contributed by atoms with Crippen LogP contribution >= 0.6 is 12.4 Å². The summed E-state index contributed by atoms with van der Waals surface area (Å²) in [5, 5.41) is 12.5. The average Bonchev–Trinajstić information content (AvgIpc) is 1.41. The number of hydrogen-bond acceptors (Lipinski definition) is 15. The Morgan fingerprint density at radius 3 is 1.10 bits per heavy atom. The Kier molecular flexibility index (Phi) is 27.1. The second-order valence-corrected chi connectivity index (χ2v) is 27.0. The molecular weight excluding hydrogens is 1120 g/mol. The first-order valence-corrected chi connectivity index (χ1v) is 31.6. The van der Waals surface area contributed by atoms with Crippen molar-refractivity contribution in [2.75, 3.05) is 28.4 Å². The number of nitrogens with two attached hydrogens (primary N) is 2. The summed E-state index contributed by atoms with van der Waals surface area (Å²) >= 11 is 0. The number of rotatable bonds is 15. The van der Waals surface area contributed by atoms with Crippen LogP contribution in [0.25, 0.3) is 0 Å². The van der Waals surface area contributed by atoms with Crippen LogP contribution in [-0.4, -0.2) is 152 Å². The summed E-state index contributed by atoms with van der Waals surface area (Å²) in [5.74, 6) is 2.01. The number of nitrogens with zero attached hydrogens (tertiary/aromatic N) is 2. The van der Waals surface area contributed by atoms with Crippen molar-refractivity contribution in [3.8, 4) is 23.0 Å². The van der Waals surface area contributed by atoms with Crippen LogP contribution < -0.4 is 51.7 Å². The standard InChI is InChI=1S/C23H34N2O5.C18H26N2O3.C14H26N2O2.C10H20N2O2.ClH/c1-23(2,3)30-22(27)24-16-11-7-12-17(16)25(15-9-6-10-15)21(26)20-18(28-4)13-8-14-19(20)29-5;1-22-15-10-5-11-16(23-2)17(15)18(21)20(12-6-3-7-12)14-9-4-8-13(14)19;1-14(2,3)18-13(17)16-12-9-5-8-11(12)15-10-6-4-7-10;1-10(2,3)14-9(13)12-8-6-4-5-7(8)11;/h8,13-17H,6-7,9-12H2,1-5H3,(H,24,27);5,10-14H,3-4,6-9,19H2,1-2H3;10-12,15H,4-9H2,1-3H3,(H,16,17);7-8H,4-6,11H2,1-3H3,(H,12,13);1H/t16-,17-;13-,14-;11-,12-;7-,8-;/m0000./s1. The second kappa shape index (κ2) is 32.7. The Balaban J connectivity index is 0.000000216. The Bertz CT molecular complexity index is 2450. The molecule has 0 aliphatic heterocycles. The predicted molar refractivity (Wildman–Crippen MR) is 337 cm³/mol. The molecule has 7 fully saturated rings. The lowest BCUT2D eigenvalue weighted by molar-refractivity contribution is 0.0317. The number of ether oxygens (including phenoxy) is 7. The van der Waals surface area contributed by atoms with E-state index in [1.54, 1.807) is 40.6 Å². The molecule has 0 heterocycles. The van der Waals surface area contributed by atoms with Crippen LogP contribution in [0.5, 0.6) is 23.0 Å². The van der Waals surface area contributed by atoms with Gasteiger partial charge in [0.2, 0.25) is 0 Å². The summed E-state index contributed by atoms with van der Waals surface area (Å²) in [6.07, 6.45) is 21.3. The molecule has 0 unspecified atom stereocenters. The number of amides is 5. The van der Waals surface area contributed by atoms with E-state index >= 15 is 0 Å². The Morgan fingerprint density at radius 1 is 0.419 bits per heavy atom. The lowest BCUT2D eigenvalue weighted by Gasteiger charge is -2.43. The van der Waals surface area contributed by atoms with Gasteiger partial charge in [0.1, 0.15) is 50.9 Å². The van der Waals surface area contributed by atoms with Gasteiger partial charge >= 0.3 is 18.3 Å². The van der Waals surface area contributed by atoms with E-state index in [2.05, 4.69) is 21.3 Å². The van der Waals surface area contributed by atoms with Gasteiger partial charge in [0.15, 0.2) is 0 Å². The van der Waals surface area contributed by atoms with Crippen LogP contribution in [0.3, 0.4) is 0 Å². The fourth-order valence-corrected chi connectivity index (χ4v) is 12.4. The Labute approximate surface area is 519 Å². The zero-order chi connectivity index (χ0) is 62.2. The number of carbonyl (C=O) groups is 5. The molecule has 7 aliphatic carbocycles. The molecule has 5 amide bonds. The SMILES string of the molecule is CC(C)(C)OC(=O)N[C@H]1CCC[C@@H]1N.CC(C)(C)OC(=O)N[C@H]1CCC[C@@H]1NC1CCC1.COc1cccc(OC)c1C(=O)N(C1CCC1)[C@H]1CCC[C@@H]1N.COc1cccc(OC)c1C(=O)N(C1CCC1)[C@H]1CCC[C@@H]1NC(=O)OC(C)(C)C.Cl. The molecule has 0 spiro atoms. The molecule has 8 N–H and O–H groups in total. The molecule has 7 aliphatic rings. The zero-order valence-corrected chi connectivity index (χ0v) is 54.8. The van der Waals surface area contributed by atoms with Gasteiger partial charge in [-0.2, -0.15) is 0 Å². The number of halogens is 1. The fourth-order valence-electron chi connectivity index (χ4n) is 12.4.